The minimum absolute atomic E-state index is 0.192. The monoisotopic (exact) mass is 411 g/mol. The second-order valence-corrected chi connectivity index (χ2v) is 8.95. The van der Waals surface area contributed by atoms with E-state index in [1.165, 1.54) is 18.9 Å². The topological polar surface area (TPSA) is 18.8 Å². The third kappa shape index (κ3) is 4.41. The normalized spacial score (nSPS) is 19.7. The Morgan fingerprint density at radius 1 is 1.13 bits per heavy atom. The van der Waals surface area contributed by atoms with Crippen molar-refractivity contribution in [3.8, 4) is 11.1 Å². The maximum atomic E-state index is 13.8. The van der Waals surface area contributed by atoms with Crippen molar-refractivity contribution in [1.29, 1.82) is 0 Å². The molecule has 30 heavy (non-hydrogen) atoms. The first-order valence-corrected chi connectivity index (χ1v) is 11.0. The van der Waals surface area contributed by atoms with Gasteiger partial charge in [0.25, 0.3) is 0 Å². The molecule has 1 atom stereocenters. The zero-order valence-electron chi connectivity index (χ0n) is 18.2. The largest absolute Gasteiger partial charge is 0.353 e. The number of hydrogen-bond donors (Lipinski definition) is 0. The molecule has 5 heteroatoms. The van der Waals surface area contributed by atoms with E-state index in [4.69, 9.17) is 0 Å². The van der Waals surface area contributed by atoms with Gasteiger partial charge in [-0.15, -0.1) is 0 Å². The highest BCUT2D eigenvalue weighted by Gasteiger charge is 2.27. The summed E-state index contributed by atoms with van der Waals surface area (Å²) in [6.45, 7) is 9.45. The maximum Gasteiger partial charge on any atom is 0.147 e. The molecule has 0 N–H and O–H groups in total. The van der Waals surface area contributed by atoms with E-state index in [2.05, 4.69) is 34.7 Å². The average molecular weight is 412 g/mol. The van der Waals surface area contributed by atoms with Crippen LogP contribution >= 0.6 is 0 Å². The molecule has 3 nitrogen and oxygen atoms in total. The first kappa shape index (κ1) is 21.0. The number of rotatable bonds is 5. The summed E-state index contributed by atoms with van der Waals surface area (Å²) in [5, 5.41) is 0. The number of benzene rings is 2. The molecular formula is C25H31F2N3. The number of halogens is 2. The molecule has 2 aromatic carbocycles. The van der Waals surface area contributed by atoms with Crippen molar-refractivity contribution in [2.45, 2.75) is 46.2 Å². The van der Waals surface area contributed by atoms with Gasteiger partial charge >= 0.3 is 0 Å². The van der Waals surface area contributed by atoms with Crippen LogP contribution in [0.1, 0.15) is 37.8 Å². The third-order valence-corrected chi connectivity index (χ3v) is 6.43. The fourth-order valence-electron chi connectivity index (χ4n) is 4.64. The van der Waals surface area contributed by atoms with Crippen LogP contribution in [0.4, 0.5) is 14.5 Å². The predicted octanol–water partition coefficient (Wildman–Crippen LogP) is 5.74. The van der Waals surface area contributed by atoms with Gasteiger partial charge in [0, 0.05) is 25.7 Å². The van der Waals surface area contributed by atoms with Crippen LogP contribution in [0, 0.1) is 18.7 Å². The SMILES string of the molecule is Cc1cc(-c2ccc3c(c2)CN(C[C@H]2CCCN(C(C)C)C2)C(CF)=N3)ccc1F. The van der Waals surface area contributed by atoms with Gasteiger partial charge in [0.05, 0.1) is 5.69 Å². The fourth-order valence-corrected chi connectivity index (χ4v) is 4.64. The molecule has 0 radical (unpaired) electrons. The molecule has 0 unspecified atom stereocenters. The summed E-state index contributed by atoms with van der Waals surface area (Å²) in [5.74, 6) is 0.875. The molecule has 0 bridgehead atoms. The lowest BCUT2D eigenvalue weighted by Crippen LogP contribution is -2.45. The molecule has 0 spiro atoms. The molecule has 1 saturated heterocycles. The van der Waals surface area contributed by atoms with Crippen LogP contribution in [0.15, 0.2) is 41.4 Å². The Labute approximate surface area is 178 Å². The number of aliphatic imine (C=N–C) groups is 1. The summed E-state index contributed by atoms with van der Waals surface area (Å²) >= 11 is 0. The van der Waals surface area contributed by atoms with Gasteiger partial charge < -0.3 is 9.80 Å². The van der Waals surface area contributed by atoms with Crippen molar-refractivity contribution in [2.75, 3.05) is 26.3 Å². The molecular weight excluding hydrogens is 380 g/mol. The predicted molar refractivity (Wildman–Crippen MR) is 119 cm³/mol. The van der Waals surface area contributed by atoms with Crippen molar-refractivity contribution >= 4 is 11.5 Å². The Morgan fingerprint density at radius 2 is 1.90 bits per heavy atom. The van der Waals surface area contributed by atoms with Gasteiger partial charge in [-0.1, -0.05) is 12.1 Å². The van der Waals surface area contributed by atoms with Gasteiger partial charge in [0.2, 0.25) is 0 Å². The molecule has 160 valence electrons. The van der Waals surface area contributed by atoms with Gasteiger partial charge in [-0.25, -0.2) is 13.8 Å². The number of likely N-dealkylation sites (tertiary alicyclic amines) is 1. The van der Waals surface area contributed by atoms with Crippen molar-refractivity contribution in [2.24, 2.45) is 10.9 Å². The maximum absolute atomic E-state index is 13.8. The summed E-state index contributed by atoms with van der Waals surface area (Å²) < 4.78 is 27.4. The molecule has 4 rings (SSSR count). The molecule has 0 saturated carbocycles. The Hall–Kier alpha value is -2.27. The second kappa shape index (κ2) is 8.84. The molecule has 1 fully saturated rings. The van der Waals surface area contributed by atoms with Gasteiger partial charge in [-0.05, 0) is 92.6 Å². The number of hydrogen-bond acceptors (Lipinski definition) is 3. The van der Waals surface area contributed by atoms with E-state index in [0.717, 1.165) is 42.0 Å². The Kier molecular flexibility index (Phi) is 6.19. The average Bonchev–Trinajstić information content (AvgIpc) is 2.75. The highest BCUT2D eigenvalue weighted by atomic mass is 19.1. The summed E-state index contributed by atoms with van der Waals surface area (Å²) in [5.41, 5.74) is 4.61. The zero-order chi connectivity index (χ0) is 21.3. The van der Waals surface area contributed by atoms with E-state index in [0.29, 0.717) is 29.9 Å². The number of aryl methyl sites for hydroxylation is 1. The summed E-state index contributed by atoms with van der Waals surface area (Å²) in [4.78, 5) is 9.27. The smallest absolute Gasteiger partial charge is 0.147 e. The van der Waals surface area contributed by atoms with Crippen molar-refractivity contribution in [3.63, 3.8) is 0 Å². The van der Waals surface area contributed by atoms with Crippen LogP contribution in [-0.4, -0.2) is 48.0 Å². The first-order chi connectivity index (χ1) is 14.4. The lowest BCUT2D eigenvalue weighted by molar-refractivity contribution is 0.124. The van der Waals surface area contributed by atoms with Crippen LogP contribution in [0.5, 0.6) is 0 Å². The van der Waals surface area contributed by atoms with E-state index < -0.39 is 6.67 Å². The van der Waals surface area contributed by atoms with E-state index in [1.807, 2.05) is 24.3 Å². The Bertz CT molecular complexity index is 938. The lowest BCUT2D eigenvalue weighted by atomic mass is 9.95. The number of alkyl halides is 1. The number of amidine groups is 1. The molecule has 0 aliphatic carbocycles. The van der Waals surface area contributed by atoms with Crippen LogP contribution in [0.3, 0.4) is 0 Å². The molecule has 0 aromatic heterocycles. The van der Waals surface area contributed by atoms with Gasteiger partial charge in [-0.3, -0.25) is 0 Å². The van der Waals surface area contributed by atoms with Crippen LogP contribution in [0.2, 0.25) is 0 Å². The van der Waals surface area contributed by atoms with Crippen molar-refractivity contribution in [3.05, 3.63) is 53.3 Å². The van der Waals surface area contributed by atoms with Gasteiger partial charge in [-0.2, -0.15) is 0 Å². The summed E-state index contributed by atoms with van der Waals surface area (Å²) in [6.07, 6.45) is 2.38. The van der Waals surface area contributed by atoms with Crippen molar-refractivity contribution < 1.29 is 8.78 Å². The molecule has 2 heterocycles. The zero-order valence-corrected chi connectivity index (χ0v) is 18.2. The van der Waals surface area contributed by atoms with E-state index in [1.54, 1.807) is 6.92 Å². The standard InChI is InChI=1S/C25H31F2N3/c1-17(2)29-10-4-5-19(14-29)15-30-16-22-12-21(7-9-24(22)28-25(30)13-26)20-6-8-23(27)18(3)11-20/h6-9,11-12,17,19H,4-5,10,13-16H2,1-3H3/t19-/m0/s1. The highest BCUT2D eigenvalue weighted by Crippen LogP contribution is 2.33. The molecule has 0 amide bonds. The minimum atomic E-state index is -0.543. The molecule has 2 aliphatic heterocycles. The third-order valence-electron chi connectivity index (χ3n) is 6.43. The number of fused-ring (bicyclic) bond motifs is 1. The van der Waals surface area contributed by atoms with Gasteiger partial charge in [0.1, 0.15) is 18.3 Å². The minimum Gasteiger partial charge on any atom is -0.353 e. The van der Waals surface area contributed by atoms with Gasteiger partial charge in [0.15, 0.2) is 0 Å². The fraction of sp³-hybridized carbons (Fsp3) is 0.480. The molecule has 2 aliphatic rings. The Morgan fingerprint density at radius 3 is 2.63 bits per heavy atom. The first-order valence-electron chi connectivity index (χ1n) is 11.0. The number of nitrogens with zero attached hydrogens (tertiary/aromatic N) is 3. The Balaban J connectivity index is 1.55. The van der Waals surface area contributed by atoms with E-state index in [-0.39, 0.29) is 5.82 Å². The quantitative estimate of drug-likeness (QED) is 0.625. The highest BCUT2D eigenvalue weighted by molar-refractivity contribution is 5.88. The summed E-state index contributed by atoms with van der Waals surface area (Å²) in [6, 6.07) is 11.8. The van der Waals surface area contributed by atoms with Crippen LogP contribution < -0.4 is 0 Å². The van der Waals surface area contributed by atoms with Crippen LogP contribution in [-0.2, 0) is 6.54 Å². The van der Waals surface area contributed by atoms with Crippen LogP contribution in [0.25, 0.3) is 11.1 Å². The van der Waals surface area contributed by atoms with Crippen molar-refractivity contribution in [1.82, 2.24) is 9.80 Å². The number of piperidine rings is 1. The second-order valence-electron chi connectivity index (χ2n) is 8.95. The lowest BCUT2D eigenvalue weighted by Gasteiger charge is -2.39. The summed E-state index contributed by atoms with van der Waals surface area (Å²) in [7, 11) is 0. The van der Waals surface area contributed by atoms with E-state index in [9.17, 15) is 8.78 Å². The molecule has 2 aromatic rings. The van der Waals surface area contributed by atoms with E-state index >= 15 is 0 Å².